The molecule has 1 aliphatic heterocycles. The Morgan fingerprint density at radius 2 is 1.80 bits per heavy atom. The molecule has 0 spiro atoms. The summed E-state index contributed by atoms with van der Waals surface area (Å²) >= 11 is 0. The first-order chi connectivity index (χ1) is 12.1. The molecule has 1 heterocycles. The average molecular weight is 348 g/mol. The van der Waals surface area contributed by atoms with E-state index in [4.69, 9.17) is 4.74 Å². The molecular formula is C20H33N3O2. The van der Waals surface area contributed by atoms with Crippen molar-refractivity contribution in [2.45, 2.75) is 39.3 Å². The van der Waals surface area contributed by atoms with Crippen LogP contribution in [-0.4, -0.2) is 67.6 Å². The zero-order chi connectivity index (χ0) is 18.1. The van der Waals surface area contributed by atoms with Gasteiger partial charge in [0.25, 0.3) is 0 Å². The van der Waals surface area contributed by atoms with Crippen LogP contribution in [0.15, 0.2) is 30.3 Å². The lowest BCUT2D eigenvalue weighted by atomic mass is 10.1. The highest BCUT2D eigenvalue weighted by Crippen LogP contribution is 2.15. The van der Waals surface area contributed by atoms with Crippen molar-refractivity contribution >= 4 is 5.91 Å². The van der Waals surface area contributed by atoms with Crippen LogP contribution in [0, 0.1) is 0 Å². The number of amides is 1. The van der Waals surface area contributed by atoms with Gasteiger partial charge in [-0.1, -0.05) is 30.3 Å². The highest BCUT2D eigenvalue weighted by atomic mass is 16.5. The largest absolute Gasteiger partial charge is 0.374 e. The lowest BCUT2D eigenvalue weighted by molar-refractivity contribution is -0.122. The fourth-order valence-corrected chi connectivity index (χ4v) is 3.08. The zero-order valence-corrected chi connectivity index (χ0v) is 15.9. The highest BCUT2D eigenvalue weighted by molar-refractivity contribution is 5.77. The number of carbonyl (C=O) groups excluding carboxylic acids is 1. The van der Waals surface area contributed by atoms with Gasteiger partial charge in [-0.05, 0) is 32.8 Å². The number of benzene rings is 1. The summed E-state index contributed by atoms with van der Waals surface area (Å²) < 4.78 is 5.83. The van der Waals surface area contributed by atoms with E-state index in [1.54, 1.807) is 0 Å². The fraction of sp³-hybridized carbons (Fsp3) is 0.650. The van der Waals surface area contributed by atoms with Crippen LogP contribution in [0.25, 0.3) is 0 Å². The summed E-state index contributed by atoms with van der Waals surface area (Å²) in [6.45, 7) is 12.4. The van der Waals surface area contributed by atoms with Gasteiger partial charge in [-0.15, -0.1) is 0 Å². The second kappa shape index (κ2) is 10.5. The Morgan fingerprint density at radius 1 is 1.12 bits per heavy atom. The maximum Gasteiger partial charge on any atom is 0.234 e. The number of ether oxygens (including phenoxy) is 1. The third kappa shape index (κ3) is 7.14. The van der Waals surface area contributed by atoms with E-state index >= 15 is 0 Å². The van der Waals surface area contributed by atoms with Gasteiger partial charge in [0.15, 0.2) is 0 Å². The van der Waals surface area contributed by atoms with E-state index in [9.17, 15) is 4.79 Å². The predicted molar refractivity (Wildman–Crippen MR) is 102 cm³/mol. The van der Waals surface area contributed by atoms with Crippen molar-refractivity contribution in [1.29, 1.82) is 0 Å². The van der Waals surface area contributed by atoms with E-state index in [1.807, 2.05) is 18.2 Å². The summed E-state index contributed by atoms with van der Waals surface area (Å²) in [4.78, 5) is 16.7. The number of nitrogens with one attached hydrogen (secondary N) is 1. The number of nitrogens with zero attached hydrogens (tertiary/aromatic N) is 2. The van der Waals surface area contributed by atoms with Gasteiger partial charge in [-0.2, -0.15) is 0 Å². The minimum Gasteiger partial charge on any atom is -0.374 e. The molecule has 1 saturated heterocycles. The second-order valence-electron chi connectivity index (χ2n) is 7.03. The molecule has 2 rings (SSSR count). The molecule has 0 saturated carbocycles. The molecule has 1 fully saturated rings. The maximum absolute atomic E-state index is 12.0. The summed E-state index contributed by atoms with van der Waals surface area (Å²) in [6, 6.07) is 10.8. The van der Waals surface area contributed by atoms with Gasteiger partial charge in [0.2, 0.25) is 5.91 Å². The number of hydrogen-bond acceptors (Lipinski definition) is 4. The van der Waals surface area contributed by atoms with Gasteiger partial charge in [0.05, 0.1) is 12.6 Å². The van der Waals surface area contributed by atoms with Crippen LogP contribution in [-0.2, 0) is 9.53 Å². The summed E-state index contributed by atoms with van der Waals surface area (Å²) in [5.74, 6) is 0.120. The quantitative estimate of drug-likeness (QED) is 0.696. The Morgan fingerprint density at radius 3 is 2.44 bits per heavy atom. The first kappa shape index (κ1) is 19.9. The topological polar surface area (TPSA) is 44.8 Å². The second-order valence-corrected chi connectivity index (χ2v) is 7.03. The molecule has 1 amide bonds. The van der Waals surface area contributed by atoms with Gasteiger partial charge in [-0.3, -0.25) is 14.6 Å². The SMILES string of the molecule is CC(OCCCNC(=O)CN1CCN(C(C)C)CC1)c1ccccc1. The normalized spacial score (nSPS) is 17.6. The highest BCUT2D eigenvalue weighted by Gasteiger charge is 2.20. The lowest BCUT2D eigenvalue weighted by Crippen LogP contribution is -2.51. The van der Waals surface area contributed by atoms with E-state index in [1.165, 1.54) is 5.56 Å². The summed E-state index contributed by atoms with van der Waals surface area (Å²) in [5, 5.41) is 3.00. The van der Waals surface area contributed by atoms with Gasteiger partial charge < -0.3 is 10.1 Å². The van der Waals surface area contributed by atoms with Crippen LogP contribution < -0.4 is 5.32 Å². The number of carbonyl (C=O) groups is 1. The Kier molecular flexibility index (Phi) is 8.38. The Bertz CT molecular complexity index is 499. The van der Waals surface area contributed by atoms with Crippen LogP contribution in [0.5, 0.6) is 0 Å². The van der Waals surface area contributed by atoms with Crippen LogP contribution in [0.3, 0.4) is 0 Å². The molecule has 0 aliphatic carbocycles. The summed E-state index contributed by atoms with van der Waals surface area (Å²) in [6.07, 6.45) is 0.929. The van der Waals surface area contributed by atoms with Crippen LogP contribution in [0.2, 0.25) is 0 Å². The standard InChI is InChI=1S/C20H33N3O2/c1-17(2)23-13-11-22(12-14-23)16-20(24)21-10-7-15-25-18(3)19-8-5-4-6-9-19/h4-6,8-9,17-18H,7,10-16H2,1-3H3,(H,21,24). The molecule has 1 aliphatic rings. The number of piperazine rings is 1. The molecule has 1 aromatic rings. The molecule has 1 atom stereocenters. The number of rotatable bonds is 9. The molecule has 1 N–H and O–H groups in total. The zero-order valence-electron chi connectivity index (χ0n) is 15.9. The third-order valence-corrected chi connectivity index (χ3v) is 4.78. The van der Waals surface area contributed by atoms with Crippen molar-refractivity contribution in [3.63, 3.8) is 0 Å². The van der Waals surface area contributed by atoms with E-state index in [0.29, 0.717) is 25.7 Å². The van der Waals surface area contributed by atoms with Crippen LogP contribution >= 0.6 is 0 Å². The Labute approximate surface area is 152 Å². The van der Waals surface area contributed by atoms with E-state index in [0.717, 1.165) is 32.6 Å². The van der Waals surface area contributed by atoms with E-state index < -0.39 is 0 Å². The van der Waals surface area contributed by atoms with Gasteiger partial charge >= 0.3 is 0 Å². The van der Waals surface area contributed by atoms with Crippen molar-refractivity contribution in [3.05, 3.63) is 35.9 Å². The first-order valence-electron chi connectivity index (χ1n) is 9.46. The smallest absolute Gasteiger partial charge is 0.234 e. The molecule has 5 nitrogen and oxygen atoms in total. The third-order valence-electron chi connectivity index (χ3n) is 4.78. The molecule has 1 unspecified atom stereocenters. The van der Waals surface area contributed by atoms with E-state index in [2.05, 4.69) is 48.0 Å². The molecule has 0 aromatic heterocycles. The molecular weight excluding hydrogens is 314 g/mol. The predicted octanol–water partition coefficient (Wildman–Crippen LogP) is 2.30. The van der Waals surface area contributed by atoms with Crippen molar-refractivity contribution in [2.75, 3.05) is 45.9 Å². The fourth-order valence-electron chi connectivity index (χ4n) is 3.08. The Balaban J connectivity index is 1.53. The monoisotopic (exact) mass is 347 g/mol. The molecule has 25 heavy (non-hydrogen) atoms. The molecule has 140 valence electrons. The summed E-state index contributed by atoms with van der Waals surface area (Å²) in [7, 11) is 0. The molecule has 0 radical (unpaired) electrons. The Hall–Kier alpha value is -1.43. The van der Waals surface area contributed by atoms with Crippen LogP contribution in [0.4, 0.5) is 0 Å². The lowest BCUT2D eigenvalue weighted by Gasteiger charge is -2.36. The molecule has 5 heteroatoms. The van der Waals surface area contributed by atoms with Gasteiger partial charge in [0.1, 0.15) is 0 Å². The number of hydrogen-bond donors (Lipinski definition) is 1. The summed E-state index contributed by atoms with van der Waals surface area (Å²) in [5.41, 5.74) is 1.19. The average Bonchev–Trinajstić information content (AvgIpc) is 2.62. The molecule has 1 aromatic carbocycles. The van der Waals surface area contributed by atoms with Crippen molar-refractivity contribution in [2.24, 2.45) is 0 Å². The van der Waals surface area contributed by atoms with Gasteiger partial charge in [0, 0.05) is 45.4 Å². The minimum absolute atomic E-state index is 0.0918. The van der Waals surface area contributed by atoms with E-state index in [-0.39, 0.29) is 12.0 Å². The van der Waals surface area contributed by atoms with Crippen molar-refractivity contribution in [1.82, 2.24) is 15.1 Å². The first-order valence-corrected chi connectivity index (χ1v) is 9.46. The molecule has 0 bridgehead atoms. The van der Waals surface area contributed by atoms with Crippen LogP contribution in [0.1, 0.15) is 38.9 Å². The minimum atomic E-state index is 0.0918. The maximum atomic E-state index is 12.0. The van der Waals surface area contributed by atoms with Crippen molar-refractivity contribution in [3.8, 4) is 0 Å². The van der Waals surface area contributed by atoms with Gasteiger partial charge in [-0.25, -0.2) is 0 Å². The van der Waals surface area contributed by atoms with Crippen molar-refractivity contribution < 1.29 is 9.53 Å².